The second-order valence-corrected chi connectivity index (χ2v) is 5.75. The zero-order chi connectivity index (χ0) is 14.9. The quantitative estimate of drug-likeness (QED) is 0.788. The smallest absolute Gasteiger partial charge is 0.248 e. The molecule has 2 aliphatic rings. The number of rotatable bonds is 3. The largest absolute Gasteiger partial charge is 0.375 e. The van der Waals surface area contributed by atoms with Gasteiger partial charge >= 0.3 is 0 Å². The summed E-state index contributed by atoms with van der Waals surface area (Å²) in [7, 11) is 1.51. The van der Waals surface area contributed by atoms with Crippen molar-refractivity contribution in [3.8, 4) is 0 Å². The van der Waals surface area contributed by atoms with Gasteiger partial charge in [0.05, 0.1) is 18.1 Å². The molecule has 1 aromatic rings. The normalized spacial score (nSPS) is 25.1. The number of methoxy groups -OCH3 is 1. The van der Waals surface area contributed by atoms with Crippen LogP contribution in [0.1, 0.15) is 12.8 Å². The molecule has 3 heterocycles. The van der Waals surface area contributed by atoms with Gasteiger partial charge in [-0.1, -0.05) is 0 Å². The molecule has 0 unspecified atom stereocenters. The van der Waals surface area contributed by atoms with Gasteiger partial charge in [0.2, 0.25) is 11.8 Å². The molecule has 2 saturated heterocycles. The highest BCUT2D eigenvalue weighted by Gasteiger charge is 2.48. The van der Waals surface area contributed by atoms with Crippen molar-refractivity contribution < 1.29 is 14.3 Å². The summed E-state index contributed by atoms with van der Waals surface area (Å²) in [5, 5.41) is 0. The van der Waals surface area contributed by atoms with Crippen molar-refractivity contribution in [3.05, 3.63) is 18.7 Å². The van der Waals surface area contributed by atoms with Crippen molar-refractivity contribution in [3.63, 3.8) is 0 Å². The Hall–Kier alpha value is -2.02. The fourth-order valence-electron chi connectivity index (χ4n) is 3.20. The van der Waals surface area contributed by atoms with Gasteiger partial charge in [-0.05, 0) is 6.42 Å². The van der Waals surface area contributed by atoms with Crippen LogP contribution in [0.25, 0.3) is 0 Å². The maximum Gasteiger partial charge on any atom is 0.248 e. The fourth-order valence-corrected chi connectivity index (χ4v) is 3.20. The first kappa shape index (κ1) is 13.9. The first-order chi connectivity index (χ1) is 10.1. The molecule has 2 amide bonds. The number of amides is 2. The van der Waals surface area contributed by atoms with E-state index in [1.807, 2.05) is 0 Å². The third-order valence-corrected chi connectivity index (χ3v) is 4.24. The summed E-state index contributed by atoms with van der Waals surface area (Å²) in [6, 6.07) is 0. The second-order valence-electron chi connectivity index (χ2n) is 5.75. The number of likely N-dealkylation sites (tertiary alicyclic amines) is 1. The summed E-state index contributed by atoms with van der Waals surface area (Å²) in [6.07, 6.45) is 6.05. The molecule has 7 nitrogen and oxygen atoms in total. The number of carbonyl (C=O) groups excluding carboxylic acids is 2. The van der Waals surface area contributed by atoms with Crippen LogP contribution in [0, 0.1) is 5.41 Å². The van der Waals surface area contributed by atoms with Crippen LogP contribution in [0.3, 0.4) is 0 Å². The lowest BCUT2D eigenvalue weighted by Crippen LogP contribution is -2.35. The molecule has 1 atom stereocenters. The molecule has 112 valence electrons. The van der Waals surface area contributed by atoms with E-state index < -0.39 is 0 Å². The van der Waals surface area contributed by atoms with E-state index in [-0.39, 0.29) is 23.8 Å². The topological polar surface area (TPSA) is 75.6 Å². The molecule has 0 bridgehead atoms. The highest BCUT2D eigenvalue weighted by Crippen LogP contribution is 2.41. The molecular formula is C14H18N4O3. The molecule has 0 saturated carbocycles. The molecule has 1 spiro atoms. The average Bonchev–Trinajstić information content (AvgIpc) is 3.04. The minimum atomic E-state index is -0.143. The summed E-state index contributed by atoms with van der Waals surface area (Å²) in [4.78, 5) is 35.6. The van der Waals surface area contributed by atoms with E-state index >= 15 is 0 Å². The maximum absolute atomic E-state index is 12.3. The Morgan fingerprint density at radius 2 is 2.14 bits per heavy atom. The predicted molar refractivity (Wildman–Crippen MR) is 74.5 cm³/mol. The highest BCUT2D eigenvalue weighted by atomic mass is 16.5. The zero-order valence-electron chi connectivity index (χ0n) is 12.0. The van der Waals surface area contributed by atoms with E-state index in [0.717, 1.165) is 12.1 Å². The van der Waals surface area contributed by atoms with Gasteiger partial charge in [0.1, 0.15) is 12.9 Å². The number of ether oxygens (including phenoxy) is 1. The van der Waals surface area contributed by atoms with Crippen LogP contribution < -0.4 is 4.90 Å². The van der Waals surface area contributed by atoms with Crippen LogP contribution >= 0.6 is 0 Å². The molecule has 0 aromatic carbocycles. The van der Waals surface area contributed by atoms with E-state index in [1.54, 1.807) is 22.2 Å². The summed E-state index contributed by atoms with van der Waals surface area (Å²) in [5.41, 5.74) is 0.581. The molecule has 0 aliphatic carbocycles. The number of aromatic nitrogens is 2. The van der Waals surface area contributed by atoms with Crippen molar-refractivity contribution in [1.29, 1.82) is 0 Å². The van der Waals surface area contributed by atoms with Gasteiger partial charge in [-0.3, -0.25) is 9.59 Å². The minimum absolute atomic E-state index is 0.0108. The SMILES string of the molecule is COCC(=O)N1CC[C@@]2(CC(=O)N(c3cncnc3)C2)C1. The van der Waals surface area contributed by atoms with Gasteiger partial charge in [0.25, 0.3) is 0 Å². The molecule has 21 heavy (non-hydrogen) atoms. The molecule has 2 fully saturated rings. The highest BCUT2D eigenvalue weighted by molar-refractivity contribution is 5.96. The van der Waals surface area contributed by atoms with Crippen LogP contribution in [0.4, 0.5) is 5.69 Å². The number of nitrogens with zero attached hydrogens (tertiary/aromatic N) is 4. The van der Waals surface area contributed by atoms with Crippen molar-refractivity contribution in [2.45, 2.75) is 12.8 Å². The van der Waals surface area contributed by atoms with Gasteiger partial charge in [0.15, 0.2) is 0 Å². The number of carbonyl (C=O) groups is 2. The van der Waals surface area contributed by atoms with E-state index in [2.05, 4.69) is 9.97 Å². The second kappa shape index (κ2) is 5.40. The van der Waals surface area contributed by atoms with Gasteiger partial charge in [0, 0.05) is 38.6 Å². The molecule has 7 heteroatoms. The molecule has 3 rings (SSSR count). The Morgan fingerprint density at radius 3 is 2.86 bits per heavy atom. The summed E-state index contributed by atoms with van der Waals surface area (Å²) < 4.78 is 4.89. The van der Waals surface area contributed by atoms with Gasteiger partial charge in [-0.2, -0.15) is 0 Å². The predicted octanol–water partition coefficient (Wildman–Crippen LogP) is 0.0784. The van der Waals surface area contributed by atoms with Gasteiger partial charge in [-0.15, -0.1) is 0 Å². The van der Waals surface area contributed by atoms with Crippen LogP contribution in [0.15, 0.2) is 18.7 Å². The number of anilines is 1. The number of hydrogen-bond donors (Lipinski definition) is 0. The van der Waals surface area contributed by atoms with E-state index in [1.165, 1.54) is 13.4 Å². The molecule has 0 radical (unpaired) electrons. The lowest BCUT2D eigenvalue weighted by atomic mass is 9.86. The van der Waals surface area contributed by atoms with Gasteiger partial charge in [-0.25, -0.2) is 9.97 Å². The van der Waals surface area contributed by atoms with Gasteiger partial charge < -0.3 is 14.5 Å². The molecule has 2 aliphatic heterocycles. The number of hydrogen-bond acceptors (Lipinski definition) is 5. The molecule has 0 N–H and O–H groups in total. The summed E-state index contributed by atoms with van der Waals surface area (Å²) in [5.74, 6) is 0.0640. The Morgan fingerprint density at radius 1 is 1.38 bits per heavy atom. The minimum Gasteiger partial charge on any atom is -0.375 e. The van der Waals surface area contributed by atoms with Crippen LogP contribution in [-0.4, -0.2) is 60.0 Å². The molecule has 1 aromatic heterocycles. The van der Waals surface area contributed by atoms with E-state index in [0.29, 0.717) is 26.1 Å². The Balaban J connectivity index is 1.72. The first-order valence-electron chi connectivity index (χ1n) is 6.96. The Kier molecular flexibility index (Phi) is 3.59. The summed E-state index contributed by atoms with van der Waals surface area (Å²) >= 11 is 0. The van der Waals surface area contributed by atoms with Crippen molar-refractivity contribution in [1.82, 2.24) is 14.9 Å². The third-order valence-electron chi connectivity index (χ3n) is 4.24. The van der Waals surface area contributed by atoms with E-state index in [9.17, 15) is 9.59 Å². The van der Waals surface area contributed by atoms with Crippen LogP contribution in [0.5, 0.6) is 0 Å². The Labute approximate surface area is 122 Å². The average molecular weight is 290 g/mol. The standard InChI is InChI=1S/C14H18N4O3/c1-21-7-13(20)17-3-2-14(8-17)4-12(19)18(9-14)11-5-15-10-16-6-11/h5-6,10H,2-4,7-9H2,1H3/t14-/m1/s1. The van der Waals surface area contributed by atoms with Crippen molar-refractivity contribution >= 4 is 17.5 Å². The van der Waals surface area contributed by atoms with Crippen molar-refractivity contribution in [2.75, 3.05) is 38.3 Å². The maximum atomic E-state index is 12.3. The first-order valence-corrected chi connectivity index (χ1v) is 6.96. The third kappa shape index (κ3) is 2.61. The Bertz CT molecular complexity index is 550. The molecular weight excluding hydrogens is 272 g/mol. The summed E-state index contributed by atoms with van der Waals surface area (Å²) in [6.45, 7) is 2.02. The lowest BCUT2D eigenvalue weighted by Gasteiger charge is -2.23. The van der Waals surface area contributed by atoms with Crippen LogP contribution in [-0.2, 0) is 14.3 Å². The van der Waals surface area contributed by atoms with E-state index in [4.69, 9.17) is 4.74 Å². The monoisotopic (exact) mass is 290 g/mol. The zero-order valence-corrected chi connectivity index (χ0v) is 12.0. The fraction of sp³-hybridized carbons (Fsp3) is 0.571. The van der Waals surface area contributed by atoms with Crippen molar-refractivity contribution in [2.24, 2.45) is 5.41 Å². The lowest BCUT2D eigenvalue weighted by molar-refractivity contribution is -0.134. The van der Waals surface area contributed by atoms with Crippen LogP contribution in [0.2, 0.25) is 0 Å².